The van der Waals surface area contributed by atoms with Crippen LogP contribution < -0.4 is 5.32 Å². The van der Waals surface area contributed by atoms with E-state index in [0.717, 1.165) is 0 Å². The summed E-state index contributed by atoms with van der Waals surface area (Å²) in [6.45, 7) is 4.05. The number of rotatable bonds is 1. The third-order valence-corrected chi connectivity index (χ3v) is 2.98. The molecule has 3 nitrogen and oxygen atoms in total. The van der Waals surface area contributed by atoms with Crippen molar-refractivity contribution >= 4 is 5.91 Å². The molecule has 1 amide bonds. The fraction of sp³-hybridized carbons (Fsp3) is 0.889. The van der Waals surface area contributed by atoms with E-state index in [-0.39, 0.29) is 5.91 Å². The third kappa shape index (κ3) is 1.22. The van der Waals surface area contributed by atoms with Gasteiger partial charge in [0.05, 0.1) is 0 Å². The van der Waals surface area contributed by atoms with Gasteiger partial charge in [-0.15, -0.1) is 0 Å². The summed E-state index contributed by atoms with van der Waals surface area (Å²) in [5.41, 5.74) is 0.585. The second kappa shape index (κ2) is 2.46. The molecule has 1 spiro atoms. The van der Waals surface area contributed by atoms with Crippen LogP contribution in [-0.2, 0) is 4.79 Å². The van der Waals surface area contributed by atoms with Crippen molar-refractivity contribution in [2.45, 2.75) is 25.8 Å². The molecule has 0 aromatic rings. The minimum absolute atomic E-state index is 0.113. The van der Waals surface area contributed by atoms with Crippen LogP contribution in [0.2, 0.25) is 0 Å². The average Bonchev–Trinajstić information content (AvgIpc) is 1.78. The molecule has 2 rings (SSSR count). The van der Waals surface area contributed by atoms with E-state index < -0.39 is 0 Å². The summed E-state index contributed by atoms with van der Waals surface area (Å²) in [5.74, 6) is 0.113. The second-order valence-electron chi connectivity index (χ2n) is 4.48. The summed E-state index contributed by atoms with van der Waals surface area (Å²) in [4.78, 5) is 13.0. The lowest BCUT2D eigenvalue weighted by Gasteiger charge is -2.58. The van der Waals surface area contributed by atoms with Crippen molar-refractivity contribution in [3.63, 3.8) is 0 Å². The van der Waals surface area contributed by atoms with Crippen LogP contribution in [0.1, 0.15) is 19.8 Å². The number of amides is 1. The Morgan fingerprint density at radius 3 is 2.50 bits per heavy atom. The van der Waals surface area contributed by atoms with E-state index in [2.05, 4.69) is 17.3 Å². The van der Waals surface area contributed by atoms with Gasteiger partial charge in [0.1, 0.15) is 0 Å². The van der Waals surface area contributed by atoms with Crippen molar-refractivity contribution in [1.29, 1.82) is 0 Å². The van der Waals surface area contributed by atoms with E-state index in [4.69, 9.17) is 0 Å². The number of nitrogens with zero attached hydrogens (tertiary/aromatic N) is 1. The summed E-state index contributed by atoms with van der Waals surface area (Å²) >= 11 is 0. The fourth-order valence-corrected chi connectivity index (χ4v) is 2.73. The monoisotopic (exact) mass is 168 g/mol. The number of nitrogens with one attached hydrogen (secondary N) is 1. The molecule has 0 atom stereocenters. The first kappa shape index (κ1) is 8.05. The SMILES string of the molecule is CC(=O)NC1CC2(C1)CN(C)C2. The molecule has 0 radical (unpaired) electrons. The van der Waals surface area contributed by atoms with Crippen LogP contribution in [0.4, 0.5) is 0 Å². The molecule has 0 aromatic carbocycles. The topological polar surface area (TPSA) is 32.3 Å². The van der Waals surface area contributed by atoms with Gasteiger partial charge in [-0.1, -0.05) is 0 Å². The summed E-state index contributed by atoms with van der Waals surface area (Å²) in [7, 11) is 2.15. The zero-order valence-electron chi connectivity index (χ0n) is 7.76. The highest BCUT2D eigenvalue weighted by molar-refractivity contribution is 5.73. The molecule has 0 bridgehead atoms. The predicted octanol–water partition coefficient (Wildman–Crippen LogP) is 0.217. The Bertz CT molecular complexity index is 201. The van der Waals surface area contributed by atoms with E-state index in [1.54, 1.807) is 6.92 Å². The maximum Gasteiger partial charge on any atom is 0.217 e. The summed E-state index contributed by atoms with van der Waals surface area (Å²) in [6.07, 6.45) is 2.38. The van der Waals surface area contributed by atoms with Crippen LogP contribution >= 0.6 is 0 Å². The van der Waals surface area contributed by atoms with Gasteiger partial charge in [-0.3, -0.25) is 4.79 Å². The van der Waals surface area contributed by atoms with E-state index in [1.165, 1.54) is 25.9 Å². The number of hydrogen-bond acceptors (Lipinski definition) is 2. The van der Waals surface area contributed by atoms with Crippen LogP contribution in [0.15, 0.2) is 0 Å². The molecule has 68 valence electrons. The highest BCUT2D eigenvalue weighted by atomic mass is 16.1. The lowest BCUT2D eigenvalue weighted by atomic mass is 9.61. The van der Waals surface area contributed by atoms with Crippen molar-refractivity contribution < 1.29 is 4.79 Å². The molecule has 1 saturated heterocycles. The van der Waals surface area contributed by atoms with Gasteiger partial charge in [0, 0.05) is 26.1 Å². The molecular weight excluding hydrogens is 152 g/mol. The zero-order chi connectivity index (χ0) is 8.77. The molecule has 1 aliphatic carbocycles. The smallest absolute Gasteiger partial charge is 0.217 e. The number of carbonyl (C=O) groups is 1. The molecular formula is C9H16N2O. The Hall–Kier alpha value is -0.570. The highest BCUT2D eigenvalue weighted by Gasteiger charge is 2.51. The zero-order valence-corrected chi connectivity index (χ0v) is 7.76. The first-order valence-electron chi connectivity index (χ1n) is 4.55. The molecule has 12 heavy (non-hydrogen) atoms. The fourth-order valence-electron chi connectivity index (χ4n) is 2.73. The molecule has 1 N–H and O–H groups in total. The highest BCUT2D eigenvalue weighted by Crippen LogP contribution is 2.47. The first-order valence-corrected chi connectivity index (χ1v) is 4.55. The standard InChI is InChI=1S/C9H16N2O/c1-7(12)10-8-3-9(4-8)5-11(2)6-9/h8H,3-6H2,1-2H3,(H,10,12). The van der Waals surface area contributed by atoms with Crippen molar-refractivity contribution in [2.24, 2.45) is 5.41 Å². The normalized spacial score (nSPS) is 27.8. The summed E-state index contributed by atoms with van der Waals surface area (Å²) in [6, 6.07) is 0.469. The van der Waals surface area contributed by atoms with Crippen LogP contribution in [0, 0.1) is 5.41 Å². The molecule has 1 saturated carbocycles. The lowest BCUT2D eigenvalue weighted by molar-refractivity contribution is -0.124. The molecule has 3 heteroatoms. The van der Waals surface area contributed by atoms with Gasteiger partial charge in [0.25, 0.3) is 0 Å². The molecule has 0 aromatic heterocycles. The van der Waals surface area contributed by atoms with Crippen molar-refractivity contribution in [2.75, 3.05) is 20.1 Å². The van der Waals surface area contributed by atoms with Gasteiger partial charge < -0.3 is 10.2 Å². The summed E-state index contributed by atoms with van der Waals surface area (Å²) in [5, 5.41) is 2.96. The molecule has 1 aliphatic heterocycles. The van der Waals surface area contributed by atoms with Gasteiger partial charge in [-0.25, -0.2) is 0 Å². The van der Waals surface area contributed by atoms with E-state index in [1.807, 2.05) is 0 Å². The molecule has 2 aliphatic rings. The second-order valence-corrected chi connectivity index (χ2v) is 4.48. The average molecular weight is 168 g/mol. The minimum atomic E-state index is 0.113. The maximum atomic E-state index is 10.7. The van der Waals surface area contributed by atoms with Gasteiger partial charge in [0.15, 0.2) is 0 Å². The van der Waals surface area contributed by atoms with Crippen LogP contribution in [-0.4, -0.2) is 37.0 Å². The Morgan fingerprint density at radius 2 is 2.08 bits per heavy atom. The Labute approximate surface area is 73.1 Å². The van der Waals surface area contributed by atoms with E-state index >= 15 is 0 Å². The Balaban J connectivity index is 1.74. The number of carbonyl (C=O) groups excluding carboxylic acids is 1. The number of hydrogen-bond donors (Lipinski definition) is 1. The van der Waals surface area contributed by atoms with Gasteiger partial charge in [-0.05, 0) is 25.3 Å². The largest absolute Gasteiger partial charge is 0.354 e. The number of likely N-dealkylation sites (tertiary alicyclic amines) is 1. The van der Waals surface area contributed by atoms with E-state index in [0.29, 0.717) is 11.5 Å². The van der Waals surface area contributed by atoms with Crippen LogP contribution in [0.25, 0.3) is 0 Å². The Kier molecular flexibility index (Phi) is 1.65. The van der Waals surface area contributed by atoms with Crippen molar-refractivity contribution in [3.05, 3.63) is 0 Å². The predicted molar refractivity (Wildman–Crippen MR) is 46.8 cm³/mol. The quantitative estimate of drug-likeness (QED) is 0.607. The van der Waals surface area contributed by atoms with Crippen LogP contribution in [0.5, 0.6) is 0 Å². The molecule has 0 unspecified atom stereocenters. The van der Waals surface area contributed by atoms with Gasteiger partial charge in [-0.2, -0.15) is 0 Å². The minimum Gasteiger partial charge on any atom is -0.354 e. The van der Waals surface area contributed by atoms with Crippen LogP contribution in [0.3, 0.4) is 0 Å². The van der Waals surface area contributed by atoms with Gasteiger partial charge >= 0.3 is 0 Å². The third-order valence-electron chi connectivity index (χ3n) is 2.98. The van der Waals surface area contributed by atoms with Crippen molar-refractivity contribution in [3.8, 4) is 0 Å². The Morgan fingerprint density at radius 1 is 1.50 bits per heavy atom. The lowest BCUT2D eigenvalue weighted by Crippen LogP contribution is -2.65. The first-order chi connectivity index (χ1) is 5.60. The van der Waals surface area contributed by atoms with Crippen molar-refractivity contribution in [1.82, 2.24) is 10.2 Å². The van der Waals surface area contributed by atoms with E-state index in [9.17, 15) is 4.79 Å². The molecule has 1 heterocycles. The maximum absolute atomic E-state index is 10.7. The molecule has 2 fully saturated rings. The van der Waals surface area contributed by atoms with Gasteiger partial charge in [0.2, 0.25) is 5.91 Å². The summed E-state index contributed by atoms with van der Waals surface area (Å²) < 4.78 is 0.